The lowest BCUT2D eigenvalue weighted by molar-refractivity contribution is -0.114. The summed E-state index contributed by atoms with van der Waals surface area (Å²) in [6, 6.07) is 11.1. The highest BCUT2D eigenvalue weighted by Gasteiger charge is 2.13. The maximum Gasteiger partial charge on any atom is 0.221 e. The number of benzene rings is 2. The number of hydrogen-bond donors (Lipinski definition) is 3. The number of pyridine rings is 1. The lowest BCUT2D eigenvalue weighted by Crippen LogP contribution is -2.17. The molecular formula is C20H26Cl2N4O2. The molecule has 0 unspecified atom stereocenters. The molecule has 0 saturated carbocycles. The van der Waals surface area contributed by atoms with Crippen molar-refractivity contribution >= 4 is 63.9 Å². The molecule has 3 rings (SSSR count). The van der Waals surface area contributed by atoms with Crippen molar-refractivity contribution in [3.63, 3.8) is 0 Å². The monoisotopic (exact) mass is 424 g/mol. The van der Waals surface area contributed by atoms with E-state index in [2.05, 4.69) is 20.5 Å². The van der Waals surface area contributed by atoms with E-state index in [0.717, 1.165) is 30.7 Å². The summed E-state index contributed by atoms with van der Waals surface area (Å²) in [7, 11) is 4.07. The number of fused-ring (bicyclic) bond motifs is 2. The number of amides is 1. The van der Waals surface area contributed by atoms with Crippen molar-refractivity contribution < 1.29 is 4.79 Å². The highest BCUT2D eigenvalue weighted by atomic mass is 35.5. The van der Waals surface area contributed by atoms with E-state index in [-0.39, 0.29) is 36.2 Å². The fourth-order valence-electron chi connectivity index (χ4n) is 3.09. The molecular weight excluding hydrogens is 399 g/mol. The number of carbonyl (C=O) groups is 1. The Morgan fingerprint density at radius 2 is 1.75 bits per heavy atom. The zero-order valence-electron chi connectivity index (χ0n) is 16.2. The maximum atomic E-state index is 13.1. The van der Waals surface area contributed by atoms with Crippen molar-refractivity contribution in [1.29, 1.82) is 0 Å². The number of rotatable bonds is 6. The van der Waals surface area contributed by atoms with Gasteiger partial charge in [0.15, 0.2) is 5.43 Å². The molecule has 0 atom stereocenters. The summed E-state index contributed by atoms with van der Waals surface area (Å²) in [4.78, 5) is 30.1. The Balaban J connectivity index is 0.00000196. The fourth-order valence-corrected chi connectivity index (χ4v) is 3.09. The SMILES string of the molecule is CC(=O)Nc1ccc(NCCCN(C)C)c2c(=O)c3ccccc3[nH]c12.Cl.Cl. The summed E-state index contributed by atoms with van der Waals surface area (Å²) in [5.41, 5.74) is 2.73. The number of nitrogens with zero attached hydrogens (tertiary/aromatic N) is 1. The van der Waals surface area contributed by atoms with Crippen LogP contribution in [0.25, 0.3) is 21.8 Å². The average Bonchev–Trinajstić information content (AvgIpc) is 2.60. The van der Waals surface area contributed by atoms with Crippen molar-refractivity contribution in [3.8, 4) is 0 Å². The van der Waals surface area contributed by atoms with Crippen LogP contribution in [-0.2, 0) is 4.79 Å². The zero-order chi connectivity index (χ0) is 18.7. The topological polar surface area (TPSA) is 77.2 Å². The van der Waals surface area contributed by atoms with Gasteiger partial charge in [0.2, 0.25) is 5.91 Å². The van der Waals surface area contributed by atoms with Crippen LogP contribution in [0.5, 0.6) is 0 Å². The van der Waals surface area contributed by atoms with Gasteiger partial charge in [0, 0.05) is 30.1 Å². The fraction of sp³-hybridized carbons (Fsp3) is 0.300. The third-order valence-corrected chi connectivity index (χ3v) is 4.27. The van der Waals surface area contributed by atoms with E-state index < -0.39 is 0 Å². The van der Waals surface area contributed by atoms with Crippen molar-refractivity contribution in [3.05, 3.63) is 46.6 Å². The van der Waals surface area contributed by atoms with E-state index in [0.29, 0.717) is 22.0 Å². The predicted molar refractivity (Wildman–Crippen MR) is 123 cm³/mol. The van der Waals surface area contributed by atoms with E-state index in [1.54, 1.807) is 0 Å². The molecule has 6 nitrogen and oxygen atoms in total. The largest absolute Gasteiger partial charge is 0.384 e. The molecule has 0 aliphatic carbocycles. The standard InChI is InChI=1S/C20H24N4O2.2ClH/c1-13(25)22-17-10-9-16(21-11-6-12-24(2)3)18-19(17)23-15-8-5-4-7-14(15)20(18)26;;/h4-5,7-10,21H,6,11-12H2,1-3H3,(H,22,25)(H,23,26);2*1H. The van der Waals surface area contributed by atoms with E-state index >= 15 is 0 Å². The van der Waals surface area contributed by atoms with Crippen LogP contribution in [0.1, 0.15) is 13.3 Å². The molecule has 0 aliphatic heterocycles. The molecule has 0 bridgehead atoms. The van der Waals surface area contributed by atoms with Crippen LogP contribution in [0.2, 0.25) is 0 Å². The third kappa shape index (κ3) is 5.16. The molecule has 28 heavy (non-hydrogen) atoms. The second kappa shape index (κ2) is 10.3. The van der Waals surface area contributed by atoms with Crippen LogP contribution in [0, 0.1) is 0 Å². The predicted octanol–water partition coefficient (Wildman–Crippen LogP) is 3.85. The molecule has 0 saturated heterocycles. The van der Waals surface area contributed by atoms with Gasteiger partial charge in [0.1, 0.15) is 0 Å². The van der Waals surface area contributed by atoms with Gasteiger partial charge in [-0.3, -0.25) is 9.59 Å². The van der Waals surface area contributed by atoms with Crippen molar-refractivity contribution in [2.45, 2.75) is 13.3 Å². The number of hydrogen-bond acceptors (Lipinski definition) is 4. The van der Waals surface area contributed by atoms with Gasteiger partial charge < -0.3 is 20.5 Å². The molecule has 1 heterocycles. The maximum absolute atomic E-state index is 13.1. The Morgan fingerprint density at radius 3 is 2.43 bits per heavy atom. The molecule has 3 aromatic rings. The highest BCUT2D eigenvalue weighted by Crippen LogP contribution is 2.28. The van der Waals surface area contributed by atoms with Crippen LogP contribution >= 0.6 is 24.8 Å². The van der Waals surface area contributed by atoms with Crippen molar-refractivity contribution in [2.75, 3.05) is 37.8 Å². The van der Waals surface area contributed by atoms with E-state index in [1.165, 1.54) is 6.92 Å². The summed E-state index contributed by atoms with van der Waals surface area (Å²) in [6.07, 6.45) is 0.966. The molecule has 1 amide bonds. The number of aromatic amines is 1. The number of halogens is 2. The summed E-state index contributed by atoms with van der Waals surface area (Å²) in [5.74, 6) is -0.174. The third-order valence-electron chi connectivity index (χ3n) is 4.27. The Bertz CT molecular complexity index is 1020. The summed E-state index contributed by atoms with van der Waals surface area (Å²) in [5, 5.41) is 7.38. The second-order valence-corrected chi connectivity index (χ2v) is 6.68. The molecule has 1 aromatic heterocycles. The Labute approximate surface area is 176 Å². The number of H-pyrrole nitrogens is 1. The van der Waals surface area contributed by atoms with E-state index in [1.807, 2.05) is 50.5 Å². The van der Waals surface area contributed by atoms with Crippen LogP contribution < -0.4 is 16.1 Å². The van der Waals surface area contributed by atoms with Crippen molar-refractivity contribution in [1.82, 2.24) is 9.88 Å². The van der Waals surface area contributed by atoms with Crippen molar-refractivity contribution in [2.24, 2.45) is 0 Å². The van der Waals surface area contributed by atoms with E-state index in [9.17, 15) is 9.59 Å². The first-order valence-corrected chi connectivity index (χ1v) is 8.71. The minimum absolute atomic E-state index is 0. The van der Waals surface area contributed by atoms with Crippen LogP contribution in [0.3, 0.4) is 0 Å². The quantitative estimate of drug-likeness (QED) is 0.414. The van der Waals surface area contributed by atoms with Gasteiger partial charge in [0.05, 0.1) is 16.6 Å². The number of nitrogens with one attached hydrogen (secondary N) is 3. The van der Waals surface area contributed by atoms with Gasteiger partial charge in [-0.25, -0.2) is 0 Å². The summed E-state index contributed by atoms with van der Waals surface area (Å²) in [6.45, 7) is 3.19. The van der Waals surface area contributed by atoms with Gasteiger partial charge in [0.25, 0.3) is 0 Å². The molecule has 152 valence electrons. The van der Waals surface area contributed by atoms with Gasteiger partial charge in [-0.15, -0.1) is 24.8 Å². The number of carbonyl (C=O) groups excluding carboxylic acids is 1. The normalized spacial score (nSPS) is 10.4. The first-order chi connectivity index (χ1) is 12.5. The first-order valence-electron chi connectivity index (χ1n) is 8.71. The van der Waals surface area contributed by atoms with Gasteiger partial charge in [-0.2, -0.15) is 0 Å². The molecule has 2 aromatic carbocycles. The summed E-state index contributed by atoms with van der Waals surface area (Å²) >= 11 is 0. The minimum Gasteiger partial charge on any atom is -0.384 e. The lowest BCUT2D eigenvalue weighted by atomic mass is 10.1. The Hall–Kier alpha value is -2.28. The minimum atomic E-state index is -0.174. The molecule has 3 N–H and O–H groups in total. The van der Waals surface area contributed by atoms with Crippen LogP contribution in [-0.4, -0.2) is 43.0 Å². The van der Waals surface area contributed by atoms with Crippen LogP contribution in [0.4, 0.5) is 11.4 Å². The number of aromatic nitrogens is 1. The van der Waals surface area contributed by atoms with Gasteiger partial charge in [-0.05, 0) is 51.3 Å². The second-order valence-electron chi connectivity index (χ2n) is 6.68. The van der Waals surface area contributed by atoms with Crippen LogP contribution in [0.15, 0.2) is 41.2 Å². The highest BCUT2D eigenvalue weighted by molar-refractivity contribution is 6.07. The number of para-hydroxylation sites is 1. The first kappa shape index (κ1) is 23.8. The molecule has 8 heteroatoms. The number of anilines is 2. The summed E-state index contributed by atoms with van der Waals surface area (Å²) < 4.78 is 0. The Kier molecular flexibility index (Phi) is 8.75. The lowest BCUT2D eigenvalue weighted by Gasteiger charge is -2.15. The van der Waals surface area contributed by atoms with Gasteiger partial charge >= 0.3 is 0 Å². The average molecular weight is 425 g/mol. The zero-order valence-corrected chi connectivity index (χ0v) is 17.8. The molecule has 0 aliphatic rings. The van der Waals surface area contributed by atoms with E-state index in [4.69, 9.17) is 0 Å². The molecule has 0 spiro atoms. The molecule has 0 fully saturated rings. The smallest absolute Gasteiger partial charge is 0.221 e. The Morgan fingerprint density at radius 1 is 1.07 bits per heavy atom. The van der Waals surface area contributed by atoms with Gasteiger partial charge in [-0.1, -0.05) is 12.1 Å². The molecule has 0 radical (unpaired) electrons.